The summed E-state index contributed by atoms with van der Waals surface area (Å²) in [5.41, 5.74) is 10.5. The lowest BCUT2D eigenvalue weighted by atomic mass is 9.99. The highest BCUT2D eigenvalue weighted by molar-refractivity contribution is 5.97. The lowest BCUT2D eigenvalue weighted by Crippen LogP contribution is -2.32. The Hall–Kier alpha value is -2.15. The van der Waals surface area contributed by atoms with E-state index in [0.29, 0.717) is 23.7 Å². The van der Waals surface area contributed by atoms with E-state index in [1.54, 1.807) is 6.07 Å². The number of aryl methyl sites for hydroxylation is 1. The van der Waals surface area contributed by atoms with Crippen molar-refractivity contribution in [3.8, 4) is 0 Å². The van der Waals surface area contributed by atoms with Crippen molar-refractivity contribution in [2.75, 3.05) is 6.54 Å². The van der Waals surface area contributed by atoms with Crippen molar-refractivity contribution in [1.29, 1.82) is 0 Å². The second-order valence-electron chi connectivity index (χ2n) is 6.58. The zero-order valence-corrected chi connectivity index (χ0v) is 17.2. The van der Waals surface area contributed by atoms with Gasteiger partial charge in [0.05, 0.1) is 5.56 Å². The van der Waals surface area contributed by atoms with Gasteiger partial charge in [-0.3, -0.25) is 9.89 Å². The molecule has 1 atom stereocenters. The van der Waals surface area contributed by atoms with E-state index < -0.39 is 0 Å². The van der Waals surface area contributed by atoms with Crippen molar-refractivity contribution in [1.82, 2.24) is 20.5 Å². The number of nitrogens with one attached hydrogen (secondary N) is 2. The minimum Gasteiger partial charge on any atom is -0.350 e. The number of benzene rings is 1. The fourth-order valence-electron chi connectivity index (χ4n) is 2.69. The summed E-state index contributed by atoms with van der Waals surface area (Å²) in [4.78, 5) is 16.6. The maximum atomic E-state index is 12.4. The predicted octanol–water partition coefficient (Wildman–Crippen LogP) is 3.66. The maximum Gasteiger partial charge on any atom is 0.252 e. The normalized spacial score (nSPS) is 11.6. The largest absolute Gasteiger partial charge is 0.350 e. The Morgan fingerprint density at radius 2 is 1.81 bits per heavy atom. The van der Waals surface area contributed by atoms with Crippen LogP contribution in [-0.4, -0.2) is 27.6 Å². The molecule has 2 heterocycles. The van der Waals surface area contributed by atoms with Gasteiger partial charge >= 0.3 is 0 Å². The van der Waals surface area contributed by atoms with E-state index in [-0.39, 0.29) is 36.8 Å². The van der Waals surface area contributed by atoms with Gasteiger partial charge in [-0.25, -0.2) is 4.98 Å². The molecule has 0 bridgehead atoms. The van der Waals surface area contributed by atoms with Crippen molar-refractivity contribution in [2.45, 2.75) is 32.7 Å². The molecule has 27 heavy (non-hydrogen) atoms. The van der Waals surface area contributed by atoms with Gasteiger partial charge in [0.1, 0.15) is 0 Å². The van der Waals surface area contributed by atoms with Gasteiger partial charge in [0.25, 0.3) is 5.91 Å². The number of hydrogen-bond acceptors (Lipinski definition) is 4. The Labute approximate surface area is 171 Å². The van der Waals surface area contributed by atoms with E-state index in [9.17, 15) is 4.79 Å². The summed E-state index contributed by atoms with van der Waals surface area (Å²) in [5.74, 6) is 0.294. The van der Waals surface area contributed by atoms with Gasteiger partial charge in [-0.2, -0.15) is 5.10 Å². The molecule has 0 fully saturated rings. The molecule has 0 aliphatic heterocycles. The molecule has 146 valence electrons. The van der Waals surface area contributed by atoms with E-state index in [2.05, 4.69) is 46.5 Å². The highest BCUT2D eigenvalue weighted by atomic mass is 35.5. The molecule has 0 aliphatic rings. The number of halogens is 2. The third-order valence-corrected chi connectivity index (χ3v) is 4.38. The monoisotopic (exact) mass is 409 g/mol. The van der Waals surface area contributed by atoms with Gasteiger partial charge in [0, 0.05) is 29.9 Å². The van der Waals surface area contributed by atoms with Crippen molar-refractivity contribution in [3.05, 3.63) is 58.9 Å². The predicted molar refractivity (Wildman–Crippen MR) is 113 cm³/mol. The molecular formula is C19H25Cl2N5O. The Balaban J connectivity index is 0.00000182. The molecule has 0 aliphatic carbocycles. The average molecular weight is 410 g/mol. The molecule has 0 spiro atoms. The van der Waals surface area contributed by atoms with Crippen molar-refractivity contribution in [3.63, 3.8) is 0 Å². The molecule has 0 saturated heterocycles. The SMILES string of the molecule is Cc1[nH]nc2ncc(C(=O)NCC(N)c3ccc(C(C)C)cc3)cc12.Cl.Cl. The zero-order chi connectivity index (χ0) is 18.0. The van der Waals surface area contributed by atoms with Crippen molar-refractivity contribution in [2.24, 2.45) is 5.73 Å². The van der Waals surface area contributed by atoms with E-state index in [1.165, 1.54) is 11.8 Å². The quantitative estimate of drug-likeness (QED) is 0.598. The van der Waals surface area contributed by atoms with Gasteiger partial charge in [0.15, 0.2) is 5.65 Å². The molecule has 8 heteroatoms. The van der Waals surface area contributed by atoms with Crippen LogP contribution < -0.4 is 11.1 Å². The van der Waals surface area contributed by atoms with E-state index in [0.717, 1.165) is 16.6 Å². The minimum absolute atomic E-state index is 0. The van der Waals surface area contributed by atoms with Gasteiger partial charge in [-0.1, -0.05) is 38.1 Å². The number of aromatic nitrogens is 3. The highest BCUT2D eigenvalue weighted by Gasteiger charge is 2.12. The van der Waals surface area contributed by atoms with Crippen molar-refractivity contribution < 1.29 is 4.79 Å². The van der Waals surface area contributed by atoms with Crippen LogP contribution in [0.2, 0.25) is 0 Å². The van der Waals surface area contributed by atoms with Crippen molar-refractivity contribution >= 4 is 41.8 Å². The maximum absolute atomic E-state index is 12.4. The fourth-order valence-corrected chi connectivity index (χ4v) is 2.69. The number of H-pyrrole nitrogens is 1. The Morgan fingerprint density at radius 3 is 2.44 bits per heavy atom. The number of carbonyl (C=O) groups is 1. The van der Waals surface area contributed by atoms with Gasteiger partial charge in [-0.15, -0.1) is 24.8 Å². The number of amides is 1. The number of carbonyl (C=O) groups excluding carboxylic acids is 1. The van der Waals surface area contributed by atoms with E-state index in [1.807, 2.05) is 19.1 Å². The summed E-state index contributed by atoms with van der Waals surface area (Å²) in [6.45, 7) is 6.57. The van der Waals surface area contributed by atoms with E-state index >= 15 is 0 Å². The standard InChI is InChI=1S/C19H23N5O.2ClH/c1-11(2)13-4-6-14(7-5-13)17(20)10-22-19(25)15-8-16-12(3)23-24-18(16)21-9-15;;/h4-9,11,17H,10,20H2,1-3H3,(H,22,25)(H,21,23,24);2*1H. The first kappa shape index (κ1) is 22.9. The summed E-state index contributed by atoms with van der Waals surface area (Å²) < 4.78 is 0. The second kappa shape index (κ2) is 9.69. The third kappa shape index (κ3) is 5.19. The molecule has 3 aromatic rings. The Bertz CT molecular complexity index is 893. The summed E-state index contributed by atoms with van der Waals surface area (Å²) >= 11 is 0. The van der Waals surface area contributed by atoms with Crippen LogP contribution in [0.4, 0.5) is 0 Å². The topological polar surface area (TPSA) is 96.7 Å². The number of nitrogens with two attached hydrogens (primary N) is 1. The summed E-state index contributed by atoms with van der Waals surface area (Å²) in [6, 6.07) is 9.75. The van der Waals surface area contributed by atoms with Crippen LogP contribution in [0.25, 0.3) is 11.0 Å². The molecule has 1 amide bonds. The van der Waals surface area contributed by atoms with Gasteiger partial charge in [-0.05, 0) is 30.0 Å². The average Bonchev–Trinajstić information content (AvgIpc) is 3.00. The minimum atomic E-state index is -0.252. The molecule has 0 saturated carbocycles. The van der Waals surface area contributed by atoms with Crippen LogP contribution in [-0.2, 0) is 0 Å². The second-order valence-corrected chi connectivity index (χ2v) is 6.58. The molecule has 4 N–H and O–H groups in total. The first-order valence-electron chi connectivity index (χ1n) is 8.40. The molecule has 1 aromatic carbocycles. The molecule has 6 nitrogen and oxygen atoms in total. The first-order valence-corrected chi connectivity index (χ1v) is 8.40. The number of fused-ring (bicyclic) bond motifs is 1. The van der Waals surface area contributed by atoms with Gasteiger partial charge in [0.2, 0.25) is 0 Å². The Kier molecular flexibility index (Phi) is 8.21. The third-order valence-electron chi connectivity index (χ3n) is 4.38. The lowest BCUT2D eigenvalue weighted by molar-refractivity contribution is 0.0951. The highest BCUT2D eigenvalue weighted by Crippen LogP contribution is 2.18. The van der Waals surface area contributed by atoms with Crippen LogP contribution in [0.3, 0.4) is 0 Å². The lowest BCUT2D eigenvalue weighted by Gasteiger charge is -2.14. The van der Waals surface area contributed by atoms with Crippen LogP contribution in [0, 0.1) is 6.92 Å². The summed E-state index contributed by atoms with van der Waals surface area (Å²) in [6.07, 6.45) is 1.53. The zero-order valence-electron chi connectivity index (χ0n) is 15.5. The first-order chi connectivity index (χ1) is 12.0. The molecule has 0 radical (unpaired) electrons. The number of hydrogen-bond donors (Lipinski definition) is 3. The number of pyridine rings is 1. The van der Waals surface area contributed by atoms with Crippen LogP contribution in [0.1, 0.15) is 53.0 Å². The number of aromatic amines is 1. The van der Waals surface area contributed by atoms with Gasteiger partial charge < -0.3 is 11.1 Å². The molecule has 2 aromatic heterocycles. The molecular weight excluding hydrogens is 385 g/mol. The smallest absolute Gasteiger partial charge is 0.252 e. The summed E-state index contributed by atoms with van der Waals surface area (Å²) in [5, 5.41) is 10.7. The molecule has 3 rings (SSSR count). The van der Waals surface area contributed by atoms with Crippen LogP contribution >= 0.6 is 24.8 Å². The van der Waals surface area contributed by atoms with Crippen LogP contribution in [0.5, 0.6) is 0 Å². The number of nitrogens with zero attached hydrogens (tertiary/aromatic N) is 2. The summed E-state index contributed by atoms with van der Waals surface area (Å²) in [7, 11) is 0. The fraction of sp³-hybridized carbons (Fsp3) is 0.316. The van der Waals surface area contributed by atoms with E-state index in [4.69, 9.17) is 5.73 Å². The van der Waals surface area contributed by atoms with Crippen LogP contribution in [0.15, 0.2) is 36.5 Å². The number of rotatable bonds is 5. The molecule has 1 unspecified atom stereocenters. The Morgan fingerprint density at radius 1 is 1.19 bits per heavy atom.